The molecule has 0 bridgehead atoms. The fourth-order valence-corrected chi connectivity index (χ4v) is 3.12. The van der Waals surface area contributed by atoms with Crippen LogP contribution in [0.5, 0.6) is 0 Å². The van der Waals surface area contributed by atoms with Crippen LogP contribution in [0.1, 0.15) is 24.2 Å². The molecule has 0 amide bonds. The van der Waals surface area contributed by atoms with Crippen LogP contribution in [0.3, 0.4) is 0 Å². The second-order valence-electron chi connectivity index (χ2n) is 3.93. The lowest BCUT2D eigenvalue weighted by atomic mass is 10.1. The molecule has 1 N–H and O–H groups in total. The molecular formula is C14H11BrN2OS. The van der Waals surface area contributed by atoms with E-state index in [2.05, 4.69) is 27.0 Å². The van der Waals surface area contributed by atoms with Crippen molar-refractivity contribution in [3.63, 3.8) is 0 Å². The zero-order valence-corrected chi connectivity index (χ0v) is 12.6. The van der Waals surface area contributed by atoms with Gasteiger partial charge in [-0.25, -0.2) is 4.98 Å². The summed E-state index contributed by atoms with van der Waals surface area (Å²) in [6.45, 7) is 1.71. The minimum atomic E-state index is -0.585. The van der Waals surface area contributed by atoms with Gasteiger partial charge in [-0.3, -0.25) is 0 Å². The van der Waals surface area contributed by atoms with E-state index >= 15 is 0 Å². The number of halogens is 1. The first-order valence-corrected chi connectivity index (χ1v) is 7.23. The van der Waals surface area contributed by atoms with Gasteiger partial charge in [-0.05, 0) is 52.7 Å². The Balaban J connectivity index is 2.44. The van der Waals surface area contributed by atoms with Crippen LogP contribution in [-0.2, 0) is 0 Å². The number of nitrogens with zero attached hydrogens (tertiary/aromatic N) is 2. The number of aliphatic hydroxyl groups is 1. The van der Waals surface area contributed by atoms with Crippen LogP contribution < -0.4 is 0 Å². The van der Waals surface area contributed by atoms with Gasteiger partial charge in [0.25, 0.3) is 0 Å². The quantitative estimate of drug-likeness (QED) is 0.924. The van der Waals surface area contributed by atoms with Crippen LogP contribution in [0.25, 0.3) is 0 Å². The zero-order chi connectivity index (χ0) is 13.8. The SMILES string of the molecule is CC(O)c1ccc(C#N)cc1Sc1ncccc1Br. The maximum absolute atomic E-state index is 9.79. The van der Waals surface area contributed by atoms with E-state index in [-0.39, 0.29) is 0 Å². The molecule has 1 unspecified atom stereocenters. The second kappa shape index (κ2) is 6.20. The fraction of sp³-hybridized carbons (Fsp3) is 0.143. The monoisotopic (exact) mass is 334 g/mol. The summed E-state index contributed by atoms with van der Waals surface area (Å²) in [5.74, 6) is 0. The van der Waals surface area contributed by atoms with Crippen molar-refractivity contribution >= 4 is 27.7 Å². The highest BCUT2D eigenvalue weighted by Crippen LogP contribution is 2.36. The lowest BCUT2D eigenvalue weighted by Crippen LogP contribution is -1.95. The Morgan fingerprint density at radius 1 is 1.42 bits per heavy atom. The summed E-state index contributed by atoms with van der Waals surface area (Å²) in [6.07, 6.45) is 1.13. The molecule has 0 spiro atoms. The Bertz CT molecular complexity index is 638. The largest absolute Gasteiger partial charge is 0.389 e. The van der Waals surface area contributed by atoms with Crippen molar-refractivity contribution in [3.05, 3.63) is 52.1 Å². The molecular weight excluding hydrogens is 324 g/mol. The average molecular weight is 335 g/mol. The van der Waals surface area contributed by atoms with Crippen molar-refractivity contribution in [2.24, 2.45) is 0 Å². The van der Waals surface area contributed by atoms with Crippen LogP contribution in [0.15, 0.2) is 50.9 Å². The maximum Gasteiger partial charge on any atom is 0.115 e. The molecule has 1 aromatic carbocycles. The molecule has 96 valence electrons. The van der Waals surface area contributed by atoms with Crippen LogP contribution in [0.2, 0.25) is 0 Å². The Morgan fingerprint density at radius 3 is 2.84 bits per heavy atom. The van der Waals surface area contributed by atoms with Crippen molar-refractivity contribution in [3.8, 4) is 6.07 Å². The van der Waals surface area contributed by atoms with E-state index in [1.807, 2.05) is 12.1 Å². The highest BCUT2D eigenvalue weighted by atomic mass is 79.9. The molecule has 0 saturated heterocycles. The molecule has 1 heterocycles. The van der Waals surface area contributed by atoms with Crippen LogP contribution >= 0.6 is 27.7 Å². The first-order valence-electron chi connectivity index (χ1n) is 5.62. The molecule has 0 aliphatic heterocycles. The molecule has 3 nitrogen and oxygen atoms in total. The van der Waals surface area contributed by atoms with E-state index in [9.17, 15) is 5.11 Å². The molecule has 19 heavy (non-hydrogen) atoms. The lowest BCUT2D eigenvalue weighted by molar-refractivity contribution is 0.196. The van der Waals surface area contributed by atoms with Crippen molar-refractivity contribution in [1.82, 2.24) is 4.98 Å². The second-order valence-corrected chi connectivity index (χ2v) is 5.82. The normalized spacial score (nSPS) is 11.9. The Morgan fingerprint density at radius 2 is 2.21 bits per heavy atom. The Labute approximate surface area is 124 Å². The molecule has 1 aromatic heterocycles. The van der Waals surface area contributed by atoms with Gasteiger partial charge in [0, 0.05) is 11.1 Å². The standard InChI is InChI=1S/C14H11BrN2OS/c1-9(18)11-5-4-10(8-16)7-13(11)19-14-12(15)3-2-6-17-14/h2-7,9,18H,1H3. The predicted molar refractivity (Wildman–Crippen MR) is 77.9 cm³/mol. The van der Waals surface area contributed by atoms with Crippen LogP contribution in [-0.4, -0.2) is 10.1 Å². The van der Waals surface area contributed by atoms with Gasteiger partial charge < -0.3 is 5.11 Å². The van der Waals surface area contributed by atoms with Gasteiger partial charge >= 0.3 is 0 Å². The van der Waals surface area contributed by atoms with Gasteiger partial charge in [0.2, 0.25) is 0 Å². The minimum absolute atomic E-state index is 0.568. The van der Waals surface area contributed by atoms with Gasteiger partial charge in [0.1, 0.15) is 5.03 Å². The van der Waals surface area contributed by atoms with Gasteiger partial charge in [-0.2, -0.15) is 5.26 Å². The third-order valence-electron chi connectivity index (χ3n) is 2.52. The van der Waals surface area contributed by atoms with Crippen molar-refractivity contribution in [1.29, 1.82) is 5.26 Å². The fourth-order valence-electron chi connectivity index (χ4n) is 1.59. The third-order valence-corrected chi connectivity index (χ3v) is 4.52. The molecule has 1 atom stereocenters. The molecule has 0 saturated carbocycles. The summed E-state index contributed by atoms with van der Waals surface area (Å²) in [6, 6.07) is 11.1. The molecule has 0 aliphatic rings. The van der Waals surface area contributed by atoms with Crippen LogP contribution in [0.4, 0.5) is 0 Å². The van der Waals surface area contributed by atoms with E-state index in [4.69, 9.17) is 5.26 Å². The van der Waals surface area contributed by atoms with Gasteiger partial charge in [-0.1, -0.05) is 17.8 Å². The van der Waals surface area contributed by atoms with Crippen molar-refractivity contribution in [2.75, 3.05) is 0 Å². The molecule has 0 radical (unpaired) electrons. The predicted octanol–water partition coefficient (Wildman–Crippen LogP) is 3.92. The smallest absolute Gasteiger partial charge is 0.115 e. The number of hydrogen-bond donors (Lipinski definition) is 1. The van der Waals surface area contributed by atoms with E-state index in [0.29, 0.717) is 5.56 Å². The first kappa shape index (κ1) is 14.1. The Kier molecular flexibility index (Phi) is 4.59. The summed E-state index contributed by atoms with van der Waals surface area (Å²) in [4.78, 5) is 5.12. The topological polar surface area (TPSA) is 56.9 Å². The number of aliphatic hydroxyl groups excluding tert-OH is 1. The first-order chi connectivity index (χ1) is 9.11. The number of nitriles is 1. The highest BCUT2D eigenvalue weighted by Gasteiger charge is 2.12. The molecule has 2 aromatic rings. The number of pyridine rings is 1. The lowest BCUT2D eigenvalue weighted by Gasteiger charge is -2.12. The summed E-state index contributed by atoms with van der Waals surface area (Å²) >= 11 is 4.87. The number of rotatable bonds is 3. The zero-order valence-electron chi connectivity index (χ0n) is 10.2. The summed E-state index contributed by atoms with van der Waals surface area (Å²) < 4.78 is 0.888. The summed E-state index contributed by atoms with van der Waals surface area (Å²) in [5.41, 5.74) is 1.36. The minimum Gasteiger partial charge on any atom is -0.389 e. The number of aromatic nitrogens is 1. The average Bonchev–Trinajstić information content (AvgIpc) is 2.41. The third kappa shape index (κ3) is 3.35. The summed E-state index contributed by atoms with van der Waals surface area (Å²) in [5, 5.41) is 19.6. The maximum atomic E-state index is 9.79. The summed E-state index contributed by atoms with van der Waals surface area (Å²) in [7, 11) is 0. The van der Waals surface area contributed by atoms with Gasteiger partial charge in [0.15, 0.2) is 0 Å². The Hall–Kier alpha value is -1.35. The van der Waals surface area contributed by atoms with Gasteiger partial charge in [-0.15, -0.1) is 0 Å². The van der Waals surface area contributed by atoms with Crippen LogP contribution in [0, 0.1) is 11.3 Å². The van der Waals surface area contributed by atoms with Gasteiger partial charge in [0.05, 0.1) is 22.2 Å². The van der Waals surface area contributed by atoms with E-state index < -0.39 is 6.10 Å². The molecule has 2 rings (SSSR count). The van der Waals surface area contributed by atoms with E-state index in [1.54, 1.807) is 31.3 Å². The molecule has 0 fully saturated rings. The van der Waals surface area contributed by atoms with E-state index in [0.717, 1.165) is 20.0 Å². The van der Waals surface area contributed by atoms with E-state index in [1.165, 1.54) is 11.8 Å². The number of benzene rings is 1. The highest BCUT2D eigenvalue weighted by molar-refractivity contribution is 9.10. The molecule has 0 aliphatic carbocycles. The molecule has 5 heteroatoms. The van der Waals surface area contributed by atoms with Crippen molar-refractivity contribution < 1.29 is 5.11 Å². The number of hydrogen-bond acceptors (Lipinski definition) is 4. The van der Waals surface area contributed by atoms with Crippen molar-refractivity contribution in [2.45, 2.75) is 22.9 Å².